The van der Waals surface area contributed by atoms with Crippen LogP contribution in [0, 0.1) is 16.7 Å². The van der Waals surface area contributed by atoms with Gasteiger partial charge in [0.15, 0.2) is 0 Å². The second-order valence-electron chi connectivity index (χ2n) is 5.87. The Morgan fingerprint density at radius 3 is 2.14 bits per heavy atom. The number of nitrogens with two attached hydrogens (primary N) is 1. The van der Waals surface area contributed by atoms with E-state index in [0.717, 1.165) is 19.3 Å². The monoisotopic (exact) mass is 197 g/mol. The van der Waals surface area contributed by atoms with Crippen molar-refractivity contribution in [2.24, 2.45) is 22.5 Å². The van der Waals surface area contributed by atoms with Crippen LogP contribution in [0.5, 0.6) is 0 Å². The van der Waals surface area contributed by atoms with Gasteiger partial charge in [-0.1, -0.05) is 34.1 Å². The van der Waals surface area contributed by atoms with E-state index in [2.05, 4.69) is 27.7 Å². The molecule has 1 fully saturated rings. The molecule has 0 heterocycles. The van der Waals surface area contributed by atoms with Gasteiger partial charge in [-0.2, -0.15) is 0 Å². The lowest BCUT2D eigenvalue weighted by Crippen LogP contribution is -2.46. The third-order valence-electron chi connectivity index (χ3n) is 3.87. The second kappa shape index (κ2) is 3.56. The number of carbonyl (C=O) groups excluding carboxylic acids is 1. The molecule has 0 aromatic carbocycles. The Labute approximate surface area is 87.2 Å². The minimum atomic E-state index is -0.248. The molecule has 2 heteroatoms. The number of primary amides is 1. The Morgan fingerprint density at radius 2 is 1.86 bits per heavy atom. The number of amides is 1. The predicted octanol–water partition coefficient (Wildman–Crippen LogP) is 2.71. The van der Waals surface area contributed by atoms with Gasteiger partial charge < -0.3 is 5.73 Å². The molecule has 0 spiro atoms. The SMILES string of the molecule is CC(C)C1(C(N)=O)CCCC(C)(C)C1. The first kappa shape index (κ1) is 11.5. The number of hydrogen-bond donors (Lipinski definition) is 1. The molecule has 0 bridgehead atoms. The largest absolute Gasteiger partial charge is 0.369 e. The molecule has 1 amide bonds. The van der Waals surface area contributed by atoms with Crippen molar-refractivity contribution in [1.29, 1.82) is 0 Å². The van der Waals surface area contributed by atoms with Crippen LogP contribution in [-0.4, -0.2) is 5.91 Å². The maximum absolute atomic E-state index is 11.6. The maximum atomic E-state index is 11.6. The lowest BCUT2D eigenvalue weighted by atomic mass is 9.59. The molecule has 0 aromatic heterocycles. The van der Waals surface area contributed by atoms with Gasteiger partial charge in [-0.05, 0) is 30.6 Å². The van der Waals surface area contributed by atoms with E-state index >= 15 is 0 Å². The fourth-order valence-corrected chi connectivity index (χ4v) is 2.90. The zero-order valence-corrected chi connectivity index (χ0v) is 9.89. The molecule has 0 aliphatic heterocycles. The van der Waals surface area contributed by atoms with Crippen molar-refractivity contribution in [2.45, 2.75) is 53.4 Å². The first-order valence-electron chi connectivity index (χ1n) is 5.60. The van der Waals surface area contributed by atoms with Crippen molar-refractivity contribution >= 4 is 5.91 Å². The first-order chi connectivity index (χ1) is 6.30. The fraction of sp³-hybridized carbons (Fsp3) is 0.917. The average Bonchev–Trinajstić information content (AvgIpc) is 2.01. The van der Waals surface area contributed by atoms with Gasteiger partial charge in [-0.25, -0.2) is 0 Å². The van der Waals surface area contributed by atoms with Crippen LogP contribution in [0.15, 0.2) is 0 Å². The molecule has 82 valence electrons. The summed E-state index contributed by atoms with van der Waals surface area (Å²) < 4.78 is 0. The molecule has 0 aromatic rings. The molecule has 14 heavy (non-hydrogen) atoms. The van der Waals surface area contributed by atoms with Crippen molar-refractivity contribution < 1.29 is 4.79 Å². The lowest BCUT2D eigenvalue weighted by Gasteiger charge is -2.45. The number of carbonyl (C=O) groups is 1. The first-order valence-corrected chi connectivity index (χ1v) is 5.60. The van der Waals surface area contributed by atoms with Gasteiger partial charge >= 0.3 is 0 Å². The van der Waals surface area contributed by atoms with Gasteiger partial charge in [-0.15, -0.1) is 0 Å². The van der Waals surface area contributed by atoms with Crippen molar-refractivity contribution in [3.63, 3.8) is 0 Å². The summed E-state index contributed by atoms with van der Waals surface area (Å²) in [6.07, 6.45) is 4.28. The van der Waals surface area contributed by atoms with Gasteiger partial charge in [-0.3, -0.25) is 4.79 Å². The fourth-order valence-electron chi connectivity index (χ4n) is 2.90. The Balaban J connectivity index is 2.94. The van der Waals surface area contributed by atoms with E-state index in [1.54, 1.807) is 0 Å². The molecule has 1 aliphatic carbocycles. The summed E-state index contributed by atoms with van der Waals surface area (Å²) in [7, 11) is 0. The quantitative estimate of drug-likeness (QED) is 0.726. The van der Waals surface area contributed by atoms with Crippen molar-refractivity contribution in [1.82, 2.24) is 0 Å². The van der Waals surface area contributed by atoms with Gasteiger partial charge in [0.25, 0.3) is 0 Å². The normalized spacial score (nSPS) is 31.8. The van der Waals surface area contributed by atoms with E-state index < -0.39 is 0 Å². The second-order valence-corrected chi connectivity index (χ2v) is 5.87. The summed E-state index contributed by atoms with van der Waals surface area (Å²) in [5, 5.41) is 0. The van der Waals surface area contributed by atoms with Crippen LogP contribution in [0.1, 0.15) is 53.4 Å². The van der Waals surface area contributed by atoms with E-state index in [9.17, 15) is 4.79 Å². The summed E-state index contributed by atoms with van der Waals surface area (Å²) >= 11 is 0. The van der Waals surface area contributed by atoms with Crippen molar-refractivity contribution in [3.8, 4) is 0 Å². The summed E-state index contributed by atoms with van der Waals surface area (Å²) in [5.41, 5.74) is 5.61. The Bertz CT molecular complexity index is 232. The smallest absolute Gasteiger partial charge is 0.223 e. The molecule has 1 unspecified atom stereocenters. The average molecular weight is 197 g/mol. The minimum Gasteiger partial charge on any atom is -0.369 e. The third kappa shape index (κ3) is 1.94. The van der Waals surface area contributed by atoms with Crippen LogP contribution >= 0.6 is 0 Å². The molecule has 0 radical (unpaired) electrons. The predicted molar refractivity (Wildman–Crippen MR) is 58.7 cm³/mol. The Kier molecular flexibility index (Phi) is 2.93. The zero-order valence-electron chi connectivity index (χ0n) is 9.89. The standard InChI is InChI=1S/C12H23NO/c1-9(2)12(10(13)14)7-5-6-11(3,4)8-12/h9H,5-8H2,1-4H3,(H2,13,14). The summed E-state index contributed by atoms with van der Waals surface area (Å²) in [4.78, 5) is 11.6. The molecule has 1 atom stereocenters. The maximum Gasteiger partial charge on any atom is 0.223 e. The summed E-state index contributed by atoms with van der Waals surface area (Å²) in [5.74, 6) is 0.264. The molecule has 2 nitrogen and oxygen atoms in total. The highest BCUT2D eigenvalue weighted by Crippen LogP contribution is 2.49. The van der Waals surface area contributed by atoms with Crippen molar-refractivity contribution in [3.05, 3.63) is 0 Å². The number of rotatable bonds is 2. The topological polar surface area (TPSA) is 43.1 Å². The molecular weight excluding hydrogens is 174 g/mol. The van der Waals surface area contributed by atoms with Gasteiger partial charge in [0.2, 0.25) is 5.91 Å². The van der Waals surface area contributed by atoms with Crippen molar-refractivity contribution in [2.75, 3.05) is 0 Å². The Morgan fingerprint density at radius 1 is 1.29 bits per heavy atom. The summed E-state index contributed by atoms with van der Waals surface area (Å²) in [6.45, 7) is 8.72. The van der Waals surface area contributed by atoms with Crippen LogP contribution in [0.2, 0.25) is 0 Å². The highest BCUT2D eigenvalue weighted by molar-refractivity contribution is 5.81. The van der Waals surface area contributed by atoms with E-state index in [-0.39, 0.29) is 16.7 Å². The summed E-state index contributed by atoms with van der Waals surface area (Å²) in [6, 6.07) is 0. The highest BCUT2D eigenvalue weighted by atomic mass is 16.1. The van der Waals surface area contributed by atoms with Crippen LogP contribution in [-0.2, 0) is 4.79 Å². The third-order valence-corrected chi connectivity index (χ3v) is 3.87. The van der Waals surface area contributed by atoms with Gasteiger partial charge in [0.05, 0.1) is 5.41 Å². The molecule has 1 aliphatic rings. The lowest BCUT2D eigenvalue weighted by molar-refractivity contribution is -0.135. The van der Waals surface area contributed by atoms with E-state index in [1.807, 2.05) is 0 Å². The van der Waals surface area contributed by atoms with E-state index in [4.69, 9.17) is 5.73 Å². The molecule has 1 rings (SSSR count). The Hall–Kier alpha value is -0.530. The van der Waals surface area contributed by atoms with E-state index in [0.29, 0.717) is 5.92 Å². The molecule has 0 saturated heterocycles. The number of hydrogen-bond acceptors (Lipinski definition) is 1. The van der Waals surface area contributed by atoms with Crippen LogP contribution in [0.3, 0.4) is 0 Å². The van der Waals surface area contributed by atoms with Crippen LogP contribution < -0.4 is 5.73 Å². The van der Waals surface area contributed by atoms with E-state index in [1.165, 1.54) is 6.42 Å². The van der Waals surface area contributed by atoms with Crippen LogP contribution in [0.25, 0.3) is 0 Å². The minimum absolute atomic E-state index is 0.0970. The zero-order chi connectivity index (χ0) is 11.0. The molecule has 2 N–H and O–H groups in total. The molecular formula is C12H23NO. The van der Waals surface area contributed by atoms with Gasteiger partial charge in [0, 0.05) is 0 Å². The van der Waals surface area contributed by atoms with Crippen LogP contribution in [0.4, 0.5) is 0 Å². The highest BCUT2D eigenvalue weighted by Gasteiger charge is 2.46. The van der Waals surface area contributed by atoms with Gasteiger partial charge in [0.1, 0.15) is 0 Å². The molecule has 1 saturated carbocycles.